The molecular formula is C17H22FNO2. The maximum Gasteiger partial charge on any atom is 0.134 e. The molecule has 0 saturated carbocycles. The monoisotopic (exact) mass is 291 g/mol. The number of halogens is 1. The van der Waals surface area contributed by atoms with Crippen molar-refractivity contribution in [1.29, 1.82) is 0 Å². The third-order valence-corrected chi connectivity index (χ3v) is 2.96. The normalized spacial score (nSPS) is 11.2. The molecule has 1 aromatic heterocycles. The topological polar surface area (TPSA) is 34.4 Å². The van der Waals surface area contributed by atoms with E-state index in [0.717, 1.165) is 30.2 Å². The van der Waals surface area contributed by atoms with Gasteiger partial charge in [0.2, 0.25) is 0 Å². The van der Waals surface area contributed by atoms with Crippen LogP contribution >= 0.6 is 0 Å². The Kier molecular flexibility index (Phi) is 5.96. The molecule has 2 rings (SSSR count). The van der Waals surface area contributed by atoms with Crippen molar-refractivity contribution in [3.8, 4) is 11.3 Å². The van der Waals surface area contributed by atoms with E-state index in [0.29, 0.717) is 19.1 Å². The molecular weight excluding hydrogens is 269 g/mol. The first kappa shape index (κ1) is 15.7. The minimum absolute atomic E-state index is 0.242. The van der Waals surface area contributed by atoms with Crippen LogP contribution in [0.5, 0.6) is 0 Å². The highest BCUT2D eigenvalue weighted by molar-refractivity contribution is 5.57. The zero-order valence-corrected chi connectivity index (χ0v) is 12.6. The number of benzene rings is 1. The highest BCUT2D eigenvalue weighted by Crippen LogP contribution is 2.22. The molecule has 0 radical (unpaired) electrons. The van der Waals surface area contributed by atoms with Gasteiger partial charge < -0.3 is 14.5 Å². The Morgan fingerprint density at radius 1 is 1.14 bits per heavy atom. The Bertz CT molecular complexity index is 534. The van der Waals surface area contributed by atoms with Crippen molar-refractivity contribution in [2.75, 3.05) is 19.8 Å². The Morgan fingerprint density at radius 3 is 2.62 bits per heavy atom. The summed E-state index contributed by atoms with van der Waals surface area (Å²) >= 11 is 0. The number of hydrogen-bond donors (Lipinski definition) is 1. The lowest BCUT2D eigenvalue weighted by Crippen LogP contribution is -2.19. The number of hydrogen-bond acceptors (Lipinski definition) is 3. The average Bonchev–Trinajstić information content (AvgIpc) is 2.92. The van der Waals surface area contributed by atoms with Crippen molar-refractivity contribution >= 4 is 0 Å². The van der Waals surface area contributed by atoms with Gasteiger partial charge in [0.25, 0.3) is 0 Å². The third kappa shape index (κ3) is 5.33. The van der Waals surface area contributed by atoms with E-state index in [1.807, 2.05) is 12.1 Å². The first-order chi connectivity index (χ1) is 10.1. The highest BCUT2D eigenvalue weighted by atomic mass is 19.1. The molecule has 0 fully saturated rings. The van der Waals surface area contributed by atoms with Gasteiger partial charge in [-0.05, 0) is 42.3 Å². The Hall–Kier alpha value is -1.65. The first-order valence-corrected chi connectivity index (χ1v) is 7.28. The number of nitrogens with one attached hydrogen (secondary N) is 1. The lowest BCUT2D eigenvalue weighted by atomic mass is 10.2. The van der Waals surface area contributed by atoms with Crippen molar-refractivity contribution in [2.45, 2.75) is 20.4 Å². The second kappa shape index (κ2) is 7.96. The van der Waals surface area contributed by atoms with Crippen molar-refractivity contribution in [3.05, 3.63) is 48.0 Å². The van der Waals surface area contributed by atoms with Crippen LogP contribution in [0.4, 0.5) is 4.39 Å². The number of ether oxygens (including phenoxy) is 1. The van der Waals surface area contributed by atoms with Gasteiger partial charge in [0.15, 0.2) is 0 Å². The molecule has 0 amide bonds. The molecule has 0 atom stereocenters. The predicted octanol–water partition coefficient (Wildman–Crippen LogP) is 3.85. The summed E-state index contributed by atoms with van der Waals surface area (Å²) in [7, 11) is 0. The molecule has 1 N–H and O–H groups in total. The van der Waals surface area contributed by atoms with Crippen molar-refractivity contribution in [3.63, 3.8) is 0 Å². The summed E-state index contributed by atoms with van der Waals surface area (Å²) < 4.78 is 24.1. The molecule has 0 saturated heterocycles. The minimum atomic E-state index is -0.242. The van der Waals surface area contributed by atoms with Gasteiger partial charge >= 0.3 is 0 Å². The molecule has 2 aromatic rings. The summed E-state index contributed by atoms with van der Waals surface area (Å²) in [5, 5.41) is 3.27. The predicted molar refractivity (Wildman–Crippen MR) is 81.5 cm³/mol. The summed E-state index contributed by atoms with van der Waals surface area (Å²) in [5.41, 5.74) is 0.878. The second-order valence-electron chi connectivity index (χ2n) is 5.42. The zero-order valence-electron chi connectivity index (χ0n) is 12.6. The molecule has 1 aromatic carbocycles. The molecule has 0 spiro atoms. The summed E-state index contributed by atoms with van der Waals surface area (Å²) in [6.07, 6.45) is 0. The maximum atomic E-state index is 12.9. The number of furan rings is 1. The summed E-state index contributed by atoms with van der Waals surface area (Å²) in [5.74, 6) is 1.93. The SMILES string of the molecule is CC(C)COCCNCc1ccc(-c2ccc(F)cc2)o1. The van der Waals surface area contributed by atoms with Crippen LogP contribution in [0.3, 0.4) is 0 Å². The van der Waals surface area contributed by atoms with Crippen LogP contribution in [0.1, 0.15) is 19.6 Å². The van der Waals surface area contributed by atoms with Gasteiger partial charge in [-0.3, -0.25) is 0 Å². The fraction of sp³-hybridized carbons (Fsp3) is 0.412. The van der Waals surface area contributed by atoms with Crippen LogP contribution in [0, 0.1) is 11.7 Å². The van der Waals surface area contributed by atoms with Crippen molar-refractivity contribution < 1.29 is 13.5 Å². The number of rotatable bonds is 8. The molecule has 0 aliphatic carbocycles. The Balaban J connectivity index is 1.74. The van der Waals surface area contributed by atoms with Gasteiger partial charge in [-0.15, -0.1) is 0 Å². The fourth-order valence-electron chi connectivity index (χ4n) is 1.92. The molecule has 1 heterocycles. The van der Waals surface area contributed by atoms with E-state index < -0.39 is 0 Å². The van der Waals surface area contributed by atoms with Gasteiger partial charge in [0, 0.05) is 18.7 Å². The smallest absolute Gasteiger partial charge is 0.134 e. The van der Waals surface area contributed by atoms with Crippen LogP contribution in [-0.4, -0.2) is 19.8 Å². The van der Waals surface area contributed by atoms with Gasteiger partial charge in [-0.2, -0.15) is 0 Å². The molecule has 0 aliphatic heterocycles. The lowest BCUT2D eigenvalue weighted by Gasteiger charge is -2.07. The van der Waals surface area contributed by atoms with E-state index in [1.54, 1.807) is 12.1 Å². The maximum absolute atomic E-state index is 12.9. The van der Waals surface area contributed by atoms with E-state index in [9.17, 15) is 4.39 Å². The van der Waals surface area contributed by atoms with Crippen LogP contribution in [0.25, 0.3) is 11.3 Å². The third-order valence-electron chi connectivity index (χ3n) is 2.96. The van der Waals surface area contributed by atoms with Crippen LogP contribution < -0.4 is 5.32 Å². The zero-order chi connectivity index (χ0) is 15.1. The van der Waals surface area contributed by atoms with Gasteiger partial charge in [0.1, 0.15) is 17.3 Å². The van der Waals surface area contributed by atoms with Gasteiger partial charge in [0.05, 0.1) is 13.2 Å². The molecule has 3 nitrogen and oxygen atoms in total. The van der Waals surface area contributed by atoms with Crippen LogP contribution in [-0.2, 0) is 11.3 Å². The first-order valence-electron chi connectivity index (χ1n) is 7.28. The molecule has 0 unspecified atom stereocenters. The van der Waals surface area contributed by atoms with Crippen molar-refractivity contribution in [2.24, 2.45) is 5.92 Å². The van der Waals surface area contributed by atoms with E-state index in [2.05, 4.69) is 19.2 Å². The van der Waals surface area contributed by atoms with Gasteiger partial charge in [-0.25, -0.2) is 4.39 Å². The quantitative estimate of drug-likeness (QED) is 0.750. The van der Waals surface area contributed by atoms with E-state index in [-0.39, 0.29) is 5.82 Å². The van der Waals surface area contributed by atoms with E-state index in [1.165, 1.54) is 12.1 Å². The average molecular weight is 291 g/mol. The van der Waals surface area contributed by atoms with E-state index >= 15 is 0 Å². The molecule has 4 heteroatoms. The minimum Gasteiger partial charge on any atom is -0.460 e. The standard InChI is InChI=1S/C17H22FNO2/c1-13(2)12-20-10-9-19-11-16-7-8-17(21-16)14-3-5-15(18)6-4-14/h3-8,13,19H,9-12H2,1-2H3. The molecule has 114 valence electrons. The van der Waals surface area contributed by atoms with Crippen LogP contribution in [0.15, 0.2) is 40.8 Å². The second-order valence-corrected chi connectivity index (χ2v) is 5.42. The molecule has 0 aliphatic rings. The van der Waals surface area contributed by atoms with Crippen molar-refractivity contribution in [1.82, 2.24) is 5.32 Å². The lowest BCUT2D eigenvalue weighted by molar-refractivity contribution is 0.111. The molecule has 21 heavy (non-hydrogen) atoms. The summed E-state index contributed by atoms with van der Waals surface area (Å²) in [4.78, 5) is 0. The molecule has 0 bridgehead atoms. The fourth-order valence-corrected chi connectivity index (χ4v) is 1.92. The Labute approximate surface area is 125 Å². The van der Waals surface area contributed by atoms with Gasteiger partial charge in [-0.1, -0.05) is 13.8 Å². The summed E-state index contributed by atoms with van der Waals surface area (Å²) in [6.45, 7) is 7.20. The Morgan fingerprint density at radius 2 is 1.90 bits per heavy atom. The largest absolute Gasteiger partial charge is 0.460 e. The van der Waals surface area contributed by atoms with Crippen LogP contribution in [0.2, 0.25) is 0 Å². The summed E-state index contributed by atoms with van der Waals surface area (Å²) in [6, 6.07) is 10.1. The highest BCUT2D eigenvalue weighted by Gasteiger charge is 2.04. The van der Waals surface area contributed by atoms with E-state index in [4.69, 9.17) is 9.15 Å².